The van der Waals surface area contributed by atoms with Crippen molar-refractivity contribution in [3.8, 4) is 5.75 Å². The van der Waals surface area contributed by atoms with Gasteiger partial charge in [-0.3, -0.25) is 19.4 Å². The van der Waals surface area contributed by atoms with Gasteiger partial charge in [-0.25, -0.2) is 0 Å². The van der Waals surface area contributed by atoms with Crippen LogP contribution in [0, 0.1) is 5.92 Å². The number of carboxylic acid groups (broad SMARTS) is 1. The molecule has 0 radical (unpaired) electrons. The second kappa shape index (κ2) is 13.6. The fourth-order valence-electron chi connectivity index (χ4n) is 6.59. The van der Waals surface area contributed by atoms with Gasteiger partial charge in [0.25, 0.3) is 5.91 Å². The number of methoxy groups -OCH3 is 1. The van der Waals surface area contributed by atoms with Crippen molar-refractivity contribution in [3.05, 3.63) is 59.4 Å². The van der Waals surface area contributed by atoms with E-state index in [1.807, 2.05) is 31.2 Å². The molecular formula is C31H38F3N3O5. The van der Waals surface area contributed by atoms with Gasteiger partial charge in [0.1, 0.15) is 11.4 Å². The molecule has 3 heterocycles. The first kappa shape index (κ1) is 31.3. The summed E-state index contributed by atoms with van der Waals surface area (Å²) >= 11 is 0. The van der Waals surface area contributed by atoms with Crippen LogP contribution in [0.5, 0.6) is 5.75 Å². The molecule has 8 nitrogen and oxygen atoms in total. The van der Waals surface area contributed by atoms with E-state index in [1.165, 1.54) is 11.1 Å². The molecule has 2 aromatic rings. The van der Waals surface area contributed by atoms with E-state index in [4.69, 9.17) is 4.74 Å². The average molecular weight is 590 g/mol. The van der Waals surface area contributed by atoms with Gasteiger partial charge in [0.15, 0.2) is 0 Å². The number of halogens is 3. The maximum absolute atomic E-state index is 14.2. The summed E-state index contributed by atoms with van der Waals surface area (Å²) in [5.41, 5.74) is -0.733. The monoisotopic (exact) mass is 589 g/mol. The van der Waals surface area contributed by atoms with Crippen LogP contribution in [-0.2, 0) is 15.8 Å². The number of aromatic nitrogens is 1. The lowest BCUT2D eigenvalue weighted by Gasteiger charge is -2.46. The molecule has 2 fully saturated rings. The van der Waals surface area contributed by atoms with Gasteiger partial charge in [-0.05, 0) is 68.2 Å². The van der Waals surface area contributed by atoms with E-state index >= 15 is 0 Å². The number of nitrogens with zero attached hydrogens (tertiary/aromatic N) is 3. The van der Waals surface area contributed by atoms with Crippen LogP contribution in [0.2, 0.25) is 0 Å². The number of piperidine rings is 2. The minimum atomic E-state index is -4.74. The molecule has 4 atom stereocenters. The van der Waals surface area contributed by atoms with Crippen LogP contribution >= 0.6 is 0 Å². The Morgan fingerprint density at radius 3 is 2.50 bits per heavy atom. The molecule has 1 aromatic heterocycles. The molecule has 1 aromatic carbocycles. The summed E-state index contributed by atoms with van der Waals surface area (Å²) in [4.78, 5) is 46.2. The topological polar surface area (TPSA) is 100 Å². The van der Waals surface area contributed by atoms with Crippen LogP contribution in [0.25, 0.3) is 0 Å². The summed E-state index contributed by atoms with van der Waals surface area (Å²) < 4.78 is 46.7. The Hall–Kier alpha value is -3.63. The number of pyridine rings is 1. The second-order valence-electron chi connectivity index (χ2n) is 11.1. The number of carboxylic acids is 1. The molecule has 11 heteroatoms. The van der Waals surface area contributed by atoms with E-state index in [2.05, 4.69) is 4.98 Å². The number of para-hydroxylation sites is 1. The Kier molecular flexibility index (Phi) is 10.1. The van der Waals surface area contributed by atoms with Crippen molar-refractivity contribution in [1.82, 2.24) is 14.8 Å². The number of alkyl halides is 3. The Morgan fingerprint density at radius 2 is 1.81 bits per heavy atom. The van der Waals surface area contributed by atoms with Crippen molar-refractivity contribution in [2.45, 2.75) is 82.5 Å². The van der Waals surface area contributed by atoms with Crippen LogP contribution in [0.4, 0.5) is 13.2 Å². The summed E-state index contributed by atoms with van der Waals surface area (Å²) in [5, 5.41) is 9.42. The number of carbonyl (C=O) groups excluding carboxylic acids is 2. The molecule has 0 aliphatic carbocycles. The lowest BCUT2D eigenvalue weighted by molar-refractivity contribution is -0.145. The Morgan fingerprint density at radius 1 is 1.05 bits per heavy atom. The van der Waals surface area contributed by atoms with Gasteiger partial charge in [0, 0.05) is 37.8 Å². The number of amides is 2. The molecule has 0 saturated carbocycles. The molecule has 2 aliphatic rings. The van der Waals surface area contributed by atoms with Gasteiger partial charge in [-0.2, -0.15) is 13.2 Å². The first-order valence-electron chi connectivity index (χ1n) is 14.5. The van der Waals surface area contributed by atoms with Gasteiger partial charge in [0.2, 0.25) is 5.91 Å². The van der Waals surface area contributed by atoms with Crippen LogP contribution in [0.3, 0.4) is 0 Å². The van der Waals surface area contributed by atoms with Crippen molar-refractivity contribution in [2.75, 3.05) is 20.2 Å². The molecule has 4 unspecified atom stereocenters. The summed E-state index contributed by atoms with van der Waals surface area (Å²) in [6.07, 6.45) is -0.116. The highest BCUT2D eigenvalue weighted by molar-refractivity contribution is 5.95. The molecule has 228 valence electrons. The largest absolute Gasteiger partial charge is 0.496 e. The minimum Gasteiger partial charge on any atom is -0.496 e. The number of rotatable bonds is 9. The summed E-state index contributed by atoms with van der Waals surface area (Å²) in [6, 6.07) is 8.76. The Balaban J connectivity index is 1.60. The fraction of sp³-hybridized carbons (Fsp3) is 0.548. The van der Waals surface area contributed by atoms with Crippen LogP contribution in [0.1, 0.15) is 85.8 Å². The van der Waals surface area contributed by atoms with E-state index in [1.54, 1.807) is 12.0 Å². The van der Waals surface area contributed by atoms with Crippen LogP contribution in [0.15, 0.2) is 42.6 Å². The van der Waals surface area contributed by atoms with E-state index in [0.29, 0.717) is 45.1 Å². The number of aliphatic carboxylic acids is 1. The molecule has 4 rings (SSSR count). The predicted molar refractivity (Wildman–Crippen MR) is 149 cm³/mol. The van der Waals surface area contributed by atoms with Crippen molar-refractivity contribution >= 4 is 17.8 Å². The quantitative estimate of drug-likeness (QED) is 0.399. The molecule has 1 N–H and O–H groups in total. The third-order valence-electron chi connectivity index (χ3n) is 8.53. The normalized spacial score (nSPS) is 23.0. The van der Waals surface area contributed by atoms with Gasteiger partial charge < -0.3 is 19.6 Å². The summed E-state index contributed by atoms with van der Waals surface area (Å²) in [7, 11) is 1.60. The Bertz CT molecular complexity index is 1270. The van der Waals surface area contributed by atoms with Crippen molar-refractivity contribution in [2.24, 2.45) is 5.92 Å². The van der Waals surface area contributed by atoms with Gasteiger partial charge >= 0.3 is 12.1 Å². The number of hydrogen-bond donors (Lipinski definition) is 1. The SMILES string of the molecule is CCCC1C(C(=O)N2CCC(c3ccccc3OC)CC2CCC(=O)O)CCCN1C(=O)c1ncccc1C(F)(F)F. The molecular weight excluding hydrogens is 551 g/mol. The van der Waals surface area contributed by atoms with Crippen LogP contribution < -0.4 is 4.74 Å². The highest BCUT2D eigenvalue weighted by Crippen LogP contribution is 2.40. The van der Waals surface area contributed by atoms with Gasteiger partial charge in [0.05, 0.1) is 18.6 Å². The minimum absolute atomic E-state index is 0.0739. The highest BCUT2D eigenvalue weighted by atomic mass is 19.4. The lowest BCUT2D eigenvalue weighted by atomic mass is 9.80. The molecule has 0 bridgehead atoms. The van der Waals surface area contributed by atoms with E-state index in [-0.39, 0.29) is 37.3 Å². The molecule has 2 amide bonds. The number of ether oxygens (including phenoxy) is 1. The van der Waals surface area contributed by atoms with Crippen molar-refractivity contribution < 1.29 is 37.4 Å². The zero-order valence-electron chi connectivity index (χ0n) is 24.0. The third kappa shape index (κ3) is 6.87. The molecule has 2 saturated heterocycles. The number of hydrogen-bond acceptors (Lipinski definition) is 5. The molecule has 0 spiro atoms. The summed E-state index contributed by atoms with van der Waals surface area (Å²) in [5.74, 6) is -1.72. The van der Waals surface area contributed by atoms with Crippen molar-refractivity contribution in [1.29, 1.82) is 0 Å². The lowest BCUT2D eigenvalue weighted by Crippen LogP contribution is -2.56. The third-order valence-corrected chi connectivity index (χ3v) is 8.53. The average Bonchev–Trinajstić information content (AvgIpc) is 2.99. The number of likely N-dealkylation sites (tertiary alicyclic amines) is 2. The van der Waals surface area contributed by atoms with Gasteiger partial charge in [-0.15, -0.1) is 0 Å². The smallest absolute Gasteiger partial charge is 0.418 e. The first-order chi connectivity index (χ1) is 20.1. The summed E-state index contributed by atoms with van der Waals surface area (Å²) in [6.45, 7) is 2.56. The maximum atomic E-state index is 14.2. The van der Waals surface area contributed by atoms with E-state index in [9.17, 15) is 32.7 Å². The van der Waals surface area contributed by atoms with Crippen LogP contribution in [-0.4, -0.2) is 70.0 Å². The van der Waals surface area contributed by atoms with E-state index in [0.717, 1.165) is 23.4 Å². The zero-order valence-corrected chi connectivity index (χ0v) is 24.0. The highest BCUT2D eigenvalue weighted by Gasteiger charge is 2.45. The Labute approximate surface area is 243 Å². The zero-order chi connectivity index (χ0) is 30.4. The first-order valence-corrected chi connectivity index (χ1v) is 14.5. The standard InChI is InChI=1S/C31H38F3N3O5/c1-3-8-25-23(10-7-17-37(25)30(41)28-24(31(32,33)34)11-6-16-35-28)29(40)36-18-15-20(19-21(36)13-14-27(38)39)22-9-4-5-12-26(22)42-2/h4-6,9,11-12,16,20-21,23,25H,3,7-8,10,13-15,17-19H2,1-2H3,(H,38,39). The van der Waals surface area contributed by atoms with Gasteiger partial charge in [-0.1, -0.05) is 31.5 Å². The fourth-order valence-corrected chi connectivity index (χ4v) is 6.59. The van der Waals surface area contributed by atoms with Crippen molar-refractivity contribution in [3.63, 3.8) is 0 Å². The van der Waals surface area contributed by atoms with E-state index < -0.39 is 41.3 Å². The predicted octanol–water partition coefficient (Wildman–Crippen LogP) is 5.77. The maximum Gasteiger partial charge on any atom is 0.418 e. The molecule has 42 heavy (non-hydrogen) atoms. The second-order valence-corrected chi connectivity index (χ2v) is 11.1. The number of benzene rings is 1. The number of carbonyl (C=O) groups is 3. The molecule has 2 aliphatic heterocycles.